The first-order valence-electron chi connectivity index (χ1n) is 6.75. The molecule has 0 aliphatic heterocycles. The standard InChI is InChI=1S/C15H23NO3/c1-3-13-11-12(6-7-14(13)19-2)8-10-16-9-4-5-15(17)18/h6-7,11,16H,3-5,8-10H2,1-2H3,(H,17,18). The molecule has 0 spiro atoms. The zero-order valence-corrected chi connectivity index (χ0v) is 11.7. The number of methoxy groups -OCH3 is 1. The van der Waals surface area contributed by atoms with E-state index in [4.69, 9.17) is 9.84 Å². The first kappa shape index (κ1) is 15.5. The van der Waals surface area contributed by atoms with Gasteiger partial charge in [0.05, 0.1) is 7.11 Å². The van der Waals surface area contributed by atoms with Crippen molar-refractivity contribution in [3.05, 3.63) is 29.3 Å². The molecule has 4 heteroatoms. The molecule has 19 heavy (non-hydrogen) atoms. The monoisotopic (exact) mass is 265 g/mol. The number of benzene rings is 1. The summed E-state index contributed by atoms with van der Waals surface area (Å²) in [6.45, 7) is 3.74. The zero-order valence-electron chi connectivity index (χ0n) is 11.7. The van der Waals surface area contributed by atoms with E-state index in [0.29, 0.717) is 6.42 Å². The summed E-state index contributed by atoms with van der Waals surface area (Å²) in [4.78, 5) is 10.3. The van der Waals surface area contributed by atoms with Gasteiger partial charge >= 0.3 is 5.97 Å². The molecule has 0 aliphatic carbocycles. The van der Waals surface area contributed by atoms with E-state index in [2.05, 4.69) is 24.4 Å². The largest absolute Gasteiger partial charge is 0.496 e. The maximum absolute atomic E-state index is 10.3. The van der Waals surface area contributed by atoms with Gasteiger partial charge in [0, 0.05) is 6.42 Å². The Labute approximate surface area is 114 Å². The van der Waals surface area contributed by atoms with Crippen LogP contribution in [0.4, 0.5) is 0 Å². The van der Waals surface area contributed by atoms with E-state index in [1.165, 1.54) is 11.1 Å². The molecule has 1 aromatic rings. The number of carboxylic acid groups (broad SMARTS) is 1. The smallest absolute Gasteiger partial charge is 0.303 e. The van der Waals surface area contributed by atoms with Crippen LogP contribution >= 0.6 is 0 Å². The number of nitrogens with one attached hydrogen (secondary N) is 1. The van der Waals surface area contributed by atoms with E-state index in [0.717, 1.165) is 31.7 Å². The molecule has 0 saturated carbocycles. The molecular formula is C15H23NO3. The van der Waals surface area contributed by atoms with Crippen LogP contribution in [0.25, 0.3) is 0 Å². The van der Waals surface area contributed by atoms with Crippen molar-refractivity contribution < 1.29 is 14.6 Å². The summed E-state index contributed by atoms with van der Waals surface area (Å²) >= 11 is 0. The highest BCUT2D eigenvalue weighted by molar-refractivity contribution is 5.66. The van der Waals surface area contributed by atoms with E-state index in [-0.39, 0.29) is 6.42 Å². The molecule has 2 N–H and O–H groups in total. The number of aryl methyl sites for hydroxylation is 1. The minimum Gasteiger partial charge on any atom is -0.496 e. The summed E-state index contributed by atoms with van der Waals surface area (Å²) < 4.78 is 5.30. The highest BCUT2D eigenvalue weighted by atomic mass is 16.5. The summed E-state index contributed by atoms with van der Waals surface area (Å²) in [5, 5.41) is 11.8. The number of carboxylic acids is 1. The summed E-state index contributed by atoms with van der Waals surface area (Å²) in [6.07, 6.45) is 2.82. The molecule has 0 fully saturated rings. The van der Waals surface area contributed by atoms with E-state index >= 15 is 0 Å². The highest BCUT2D eigenvalue weighted by Crippen LogP contribution is 2.20. The van der Waals surface area contributed by atoms with Gasteiger partial charge in [0.2, 0.25) is 0 Å². The molecule has 0 heterocycles. The predicted molar refractivity (Wildman–Crippen MR) is 75.8 cm³/mol. The molecule has 1 rings (SSSR count). The van der Waals surface area contributed by atoms with Crippen LogP contribution in [0.3, 0.4) is 0 Å². The van der Waals surface area contributed by atoms with Gasteiger partial charge in [0.1, 0.15) is 5.75 Å². The molecule has 0 radical (unpaired) electrons. The van der Waals surface area contributed by atoms with Crippen molar-refractivity contribution >= 4 is 5.97 Å². The summed E-state index contributed by atoms with van der Waals surface area (Å²) in [6, 6.07) is 6.27. The Bertz CT molecular complexity index is 404. The van der Waals surface area contributed by atoms with Crippen LogP contribution in [0.5, 0.6) is 5.75 Å². The van der Waals surface area contributed by atoms with Crippen LogP contribution in [0.2, 0.25) is 0 Å². The molecule has 4 nitrogen and oxygen atoms in total. The fourth-order valence-corrected chi connectivity index (χ4v) is 1.99. The van der Waals surface area contributed by atoms with Crippen LogP contribution < -0.4 is 10.1 Å². The zero-order chi connectivity index (χ0) is 14.1. The first-order valence-corrected chi connectivity index (χ1v) is 6.75. The second kappa shape index (κ2) is 8.53. The number of hydrogen-bond acceptors (Lipinski definition) is 3. The molecule has 0 saturated heterocycles. The van der Waals surface area contributed by atoms with Gasteiger partial charge in [0.15, 0.2) is 0 Å². The van der Waals surface area contributed by atoms with Crippen molar-refractivity contribution in [1.82, 2.24) is 5.32 Å². The highest BCUT2D eigenvalue weighted by Gasteiger charge is 2.02. The summed E-state index contributed by atoms with van der Waals surface area (Å²) in [7, 11) is 1.69. The van der Waals surface area contributed by atoms with E-state index < -0.39 is 5.97 Å². The predicted octanol–water partition coefficient (Wildman–Crippen LogP) is 2.25. The molecule has 0 aliphatic rings. The Morgan fingerprint density at radius 1 is 1.37 bits per heavy atom. The maximum Gasteiger partial charge on any atom is 0.303 e. The topological polar surface area (TPSA) is 58.6 Å². The van der Waals surface area contributed by atoms with Crippen LogP contribution in [0, 0.1) is 0 Å². The van der Waals surface area contributed by atoms with E-state index in [1.54, 1.807) is 7.11 Å². The normalized spacial score (nSPS) is 10.4. The Morgan fingerprint density at radius 3 is 2.79 bits per heavy atom. The molecule has 0 bridgehead atoms. The van der Waals surface area contributed by atoms with Gasteiger partial charge in [-0.05, 0) is 49.5 Å². The molecule has 0 unspecified atom stereocenters. The SMILES string of the molecule is CCc1cc(CCNCCCC(=O)O)ccc1OC. The van der Waals surface area contributed by atoms with Crippen LogP contribution in [0.15, 0.2) is 18.2 Å². The fraction of sp³-hybridized carbons (Fsp3) is 0.533. The van der Waals surface area contributed by atoms with Gasteiger partial charge in [0.25, 0.3) is 0 Å². The summed E-state index contributed by atoms with van der Waals surface area (Å²) in [5.74, 6) is 0.213. The van der Waals surface area contributed by atoms with Gasteiger partial charge in [-0.25, -0.2) is 0 Å². The fourth-order valence-electron chi connectivity index (χ4n) is 1.99. The van der Waals surface area contributed by atoms with E-state index in [9.17, 15) is 4.79 Å². The average Bonchev–Trinajstić information content (AvgIpc) is 2.42. The molecular weight excluding hydrogens is 242 g/mol. The average molecular weight is 265 g/mol. The van der Waals surface area contributed by atoms with Crippen molar-refractivity contribution in [2.24, 2.45) is 0 Å². The van der Waals surface area contributed by atoms with Gasteiger partial charge in [-0.15, -0.1) is 0 Å². The van der Waals surface area contributed by atoms with Gasteiger partial charge in [-0.3, -0.25) is 4.79 Å². The van der Waals surface area contributed by atoms with Crippen molar-refractivity contribution in [3.63, 3.8) is 0 Å². The lowest BCUT2D eigenvalue weighted by atomic mass is 10.1. The molecule has 0 atom stereocenters. The van der Waals surface area contributed by atoms with Crippen molar-refractivity contribution in [3.8, 4) is 5.75 Å². The van der Waals surface area contributed by atoms with E-state index in [1.807, 2.05) is 6.07 Å². The number of hydrogen-bond donors (Lipinski definition) is 2. The molecule has 106 valence electrons. The Hall–Kier alpha value is -1.55. The minimum atomic E-state index is -0.732. The lowest BCUT2D eigenvalue weighted by Gasteiger charge is -2.09. The Morgan fingerprint density at radius 2 is 2.16 bits per heavy atom. The lowest BCUT2D eigenvalue weighted by Crippen LogP contribution is -2.19. The third kappa shape index (κ3) is 5.75. The van der Waals surface area contributed by atoms with Crippen molar-refractivity contribution in [2.45, 2.75) is 32.6 Å². The second-order valence-electron chi connectivity index (χ2n) is 4.50. The minimum absolute atomic E-state index is 0.232. The Kier molecular flexibility index (Phi) is 6.97. The quantitative estimate of drug-likeness (QED) is 0.672. The second-order valence-corrected chi connectivity index (χ2v) is 4.50. The Balaban J connectivity index is 2.31. The van der Waals surface area contributed by atoms with Crippen molar-refractivity contribution in [1.29, 1.82) is 0 Å². The van der Waals surface area contributed by atoms with Gasteiger partial charge < -0.3 is 15.2 Å². The number of ether oxygens (including phenoxy) is 1. The number of aliphatic carboxylic acids is 1. The van der Waals surface area contributed by atoms with Crippen LogP contribution in [-0.2, 0) is 17.6 Å². The summed E-state index contributed by atoms with van der Waals surface area (Å²) in [5.41, 5.74) is 2.51. The lowest BCUT2D eigenvalue weighted by molar-refractivity contribution is -0.137. The first-order chi connectivity index (χ1) is 9.17. The molecule has 0 amide bonds. The van der Waals surface area contributed by atoms with Crippen LogP contribution in [-0.4, -0.2) is 31.3 Å². The third-order valence-electron chi connectivity index (χ3n) is 3.06. The van der Waals surface area contributed by atoms with Crippen LogP contribution in [0.1, 0.15) is 30.9 Å². The maximum atomic E-state index is 10.3. The third-order valence-corrected chi connectivity index (χ3v) is 3.06. The number of carbonyl (C=O) groups is 1. The van der Waals surface area contributed by atoms with Crippen molar-refractivity contribution in [2.75, 3.05) is 20.2 Å². The van der Waals surface area contributed by atoms with Gasteiger partial charge in [-0.2, -0.15) is 0 Å². The van der Waals surface area contributed by atoms with Gasteiger partial charge in [-0.1, -0.05) is 19.1 Å². The number of rotatable bonds is 9. The molecule has 0 aromatic heterocycles. The molecule has 1 aromatic carbocycles.